The molecule has 2 nitrogen and oxygen atoms in total. The van der Waals surface area contributed by atoms with E-state index < -0.39 is 0 Å². The molecule has 0 saturated heterocycles. The van der Waals surface area contributed by atoms with Crippen molar-refractivity contribution in [3.63, 3.8) is 0 Å². The van der Waals surface area contributed by atoms with Crippen molar-refractivity contribution in [1.82, 2.24) is 4.98 Å². The summed E-state index contributed by atoms with van der Waals surface area (Å²) in [5.74, 6) is 0. The third-order valence-corrected chi connectivity index (χ3v) is 3.29. The van der Waals surface area contributed by atoms with Gasteiger partial charge in [0.25, 0.3) is 0 Å². The van der Waals surface area contributed by atoms with Gasteiger partial charge in [-0.05, 0) is 41.9 Å². The summed E-state index contributed by atoms with van der Waals surface area (Å²) in [7, 11) is 0. The molecule has 1 aromatic carbocycles. The van der Waals surface area contributed by atoms with Gasteiger partial charge in [0.1, 0.15) is 0 Å². The molecule has 14 heavy (non-hydrogen) atoms. The third kappa shape index (κ3) is 1.38. The third-order valence-electron chi connectivity index (χ3n) is 2.28. The molecular formula is C11H11BrN2. The van der Waals surface area contributed by atoms with Crippen LogP contribution in [0.3, 0.4) is 0 Å². The molecule has 2 aromatic rings. The predicted octanol–water partition coefficient (Wildman–Crippen LogP) is 3.20. The number of hydrogen-bond donors (Lipinski definition) is 1. The lowest BCUT2D eigenvalue weighted by Gasteiger charge is -2.07. The minimum Gasteiger partial charge on any atom is -0.397 e. The number of nitrogen functional groups attached to an aromatic ring is 1. The van der Waals surface area contributed by atoms with Crippen molar-refractivity contribution in [2.75, 3.05) is 5.73 Å². The van der Waals surface area contributed by atoms with Crippen LogP contribution in [0.5, 0.6) is 0 Å². The van der Waals surface area contributed by atoms with Gasteiger partial charge < -0.3 is 5.73 Å². The molecule has 0 unspecified atom stereocenters. The summed E-state index contributed by atoms with van der Waals surface area (Å²) < 4.78 is 0.899. The molecule has 0 aliphatic rings. The Labute approximate surface area is 91.3 Å². The lowest BCUT2D eigenvalue weighted by Crippen LogP contribution is -1.95. The van der Waals surface area contributed by atoms with E-state index in [1.807, 2.05) is 26.0 Å². The Bertz CT molecular complexity index is 506. The Balaban J connectivity index is 2.92. The average Bonchev–Trinajstić information content (AvgIpc) is 2.16. The zero-order chi connectivity index (χ0) is 10.3. The van der Waals surface area contributed by atoms with Crippen molar-refractivity contribution in [3.8, 4) is 0 Å². The van der Waals surface area contributed by atoms with Crippen molar-refractivity contribution in [1.29, 1.82) is 0 Å². The standard InChI is InChI=1S/C11H11BrN2/c1-6-3-4-9-8(5-6)11(13)10(12)7(2)14-9/h3-5H,1-2H3,(H2,13,14). The number of fused-ring (bicyclic) bond motifs is 1. The first-order valence-corrected chi connectivity index (χ1v) is 5.21. The number of hydrogen-bond acceptors (Lipinski definition) is 2. The van der Waals surface area contributed by atoms with Crippen LogP contribution >= 0.6 is 15.9 Å². The maximum Gasteiger partial charge on any atom is 0.0726 e. The van der Waals surface area contributed by atoms with Gasteiger partial charge >= 0.3 is 0 Å². The maximum absolute atomic E-state index is 6.00. The highest BCUT2D eigenvalue weighted by Crippen LogP contribution is 2.30. The monoisotopic (exact) mass is 250 g/mol. The summed E-state index contributed by atoms with van der Waals surface area (Å²) >= 11 is 3.44. The van der Waals surface area contributed by atoms with Gasteiger partial charge in [-0.3, -0.25) is 4.98 Å². The molecule has 3 heteroatoms. The van der Waals surface area contributed by atoms with Gasteiger partial charge in [0.15, 0.2) is 0 Å². The molecule has 1 aromatic heterocycles. The first kappa shape index (κ1) is 9.46. The number of halogens is 1. The van der Waals surface area contributed by atoms with Crippen molar-refractivity contribution in [2.45, 2.75) is 13.8 Å². The van der Waals surface area contributed by atoms with E-state index in [2.05, 4.69) is 27.0 Å². The molecular weight excluding hydrogens is 240 g/mol. The topological polar surface area (TPSA) is 38.9 Å². The van der Waals surface area contributed by atoms with E-state index >= 15 is 0 Å². The number of aryl methyl sites for hydroxylation is 2. The zero-order valence-electron chi connectivity index (χ0n) is 8.13. The van der Waals surface area contributed by atoms with E-state index in [9.17, 15) is 0 Å². The molecule has 72 valence electrons. The smallest absolute Gasteiger partial charge is 0.0726 e. The van der Waals surface area contributed by atoms with Gasteiger partial charge in [0.05, 0.1) is 21.4 Å². The number of pyridine rings is 1. The first-order valence-electron chi connectivity index (χ1n) is 4.41. The average molecular weight is 251 g/mol. The number of nitrogens with zero attached hydrogens (tertiary/aromatic N) is 1. The first-order chi connectivity index (χ1) is 6.59. The highest BCUT2D eigenvalue weighted by molar-refractivity contribution is 9.10. The van der Waals surface area contributed by atoms with Crippen molar-refractivity contribution < 1.29 is 0 Å². The summed E-state index contributed by atoms with van der Waals surface area (Å²) in [6.07, 6.45) is 0. The van der Waals surface area contributed by atoms with Crippen LogP contribution in [0.25, 0.3) is 10.9 Å². The van der Waals surface area contributed by atoms with Crippen LogP contribution in [0, 0.1) is 13.8 Å². The summed E-state index contributed by atoms with van der Waals surface area (Å²) in [6.45, 7) is 3.99. The van der Waals surface area contributed by atoms with Crippen LogP contribution in [0.15, 0.2) is 22.7 Å². The summed E-state index contributed by atoms with van der Waals surface area (Å²) in [5, 5.41) is 1.02. The van der Waals surface area contributed by atoms with Crippen LogP contribution < -0.4 is 5.73 Å². The number of benzene rings is 1. The molecule has 0 fully saturated rings. The Morgan fingerprint density at radius 1 is 1.29 bits per heavy atom. The van der Waals surface area contributed by atoms with Crippen molar-refractivity contribution in [3.05, 3.63) is 33.9 Å². The fourth-order valence-electron chi connectivity index (χ4n) is 1.51. The largest absolute Gasteiger partial charge is 0.397 e. The maximum atomic E-state index is 6.00. The summed E-state index contributed by atoms with van der Waals surface area (Å²) in [4.78, 5) is 4.45. The summed E-state index contributed by atoms with van der Waals surface area (Å²) in [6, 6.07) is 6.10. The number of aromatic nitrogens is 1. The Kier molecular flexibility index (Phi) is 2.19. The molecule has 2 rings (SSSR count). The number of nitrogens with two attached hydrogens (primary N) is 1. The second-order valence-corrected chi connectivity index (χ2v) is 4.24. The summed E-state index contributed by atoms with van der Waals surface area (Å²) in [5.41, 5.74) is 9.85. The van der Waals surface area contributed by atoms with E-state index in [0.29, 0.717) is 0 Å². The van der Waals surface area contributed by atoms with Crippen LogP contribution in [0.2, 0.25) is 0 Å². The molecule has 0 aliphatic carbocycles. The Morgan fingerprint density at radius 3 is 2.71 bits per heavy atom. The minimum atomic E-state index is 0.774. The molecule has 0 spiro atoms. The SMILES string of the molecule is Cc1ccc2nc(C)c(Br)c(N)c2c1. The second kappa shape index (κ2) is 3.24. The highest BCUT2D eigenvalue weighted by atomic mass is 79.9. The molecule has 0 atom stereocenters. The normalized spacial score (nSPS) is 10.8. The molecule has 0 amide bonds. The zero-order valence-corrected chi connectivity index (χ0v) is 9.72. The van der Waals surface area contributed by atoms with Crippen LogP contribution in [-0.2, 0) is 0 Å². The van der Waals surface area contributed by atoms with Crippen LogP contribution in [-0.4, -0.2) is 4.98 Å². The van der Waals surface area contributed by atoms with E-state index in [1.165, 1.54) is 5.56 Å². The fourth-order valence-corrected chi connectivity index (χ4v) is 1.81. The highest BCUT2D eigenvalue weighted by Gasteiger charge is 2.06. The van der Waals surface area contributed by atoms with Crippen LogP contribution in [0.1, 0.15) is 11.3 Å². The minimum absolute atomic E-state index is 0.774. The van der Waals surface area contributed by atoms with Gasteiger partial charge in [0.2, 0.25) is 0 Å². The Morgan fingerprint density at radius 2 is 2.00 bits per heavy atom. The molecule has 0 aliphatic heterocycles. The number of anilines is 1. The molecule has 2 N–H and O–H groups in total. The van der Waals surface area contributed by atoms with Crippen molar-refractivity contribution in [2.24, 2.45) is 0 Å². The quantitative estimate of drug-likeness (QED) is 0.780. The lowest BCUT2D eigenvalue weighted by molar-refractivity contribution is 1.23. The molecule has 0 radical (unpaired) electrons. The van der Waals surface area contributed by atoms with E-state index in [-0.39, 0.29) is 0 Å². The van der Waals surface area contributed by atoms with Gasteiger partial charge in [-0.1, -0.05) is 11.6 Å². The van der Waals surface area contributed by atoms with Crippen LogP contribution in [0.4, 0.5) is 5.69 Å². The number of rotatable bonds is 0. The van der Waals surface area contributed by atoms with E-state index in [4.69, 9.17) is 5.73 Å². The predicted molar refractivity (Wildman–Crippen MR) is 63.3 cm³/mol. The molecule has 0 bridgehead atoms. The molecule has 1 heterocycles. The fraction of sp³-hybridized carbons (Fsp3) is 0.182. The second-order valence-electron chi connectivity index (χ2n) is 3.45. The van der Waals surface area contributed by atoms with Gasteiger partial charge in [-0.25, -0.2) is 0 Å². The van der Waals surface area contributed by atoms with Gasteiger partial charge in [-0.15, -0.1) is 0 Å². The van der Waals surface area contributed by atoms with E-state index in [1.54, 1.807) is 0 Å². The van der Waals surface area contributed by atoms with Gasteiger partial charge in [0, 0.05) is 5.39 Å². The van der Waals surface area contributed by atoms with Crippen molar-refractivity contribution >= 4 is 32.5 Å². The molecule has 0 saturated carbocycles. The van der Waals surface area contributed by atoms with Gasteiger partial charge in [-0.2, -0.15) is 0 Å². The lowest BCUT2D eigenvalue weighted by atomic mass is 10.1. The van der Waals surface area contributed by atoms with E-state index in [0.717, 1.165) is 26.8 Å². The Hall–Kier alpha value is -1.09.